The fraction of sp³-hybridized carbons (Fsp3) is 0.214. The highest BCUT2D eigenvalue weighted by Gasteiger charge is 2.04. The van der Waals surface area contributed by atoms with E-state index in [4.69, 9.17) is 18.0 Å². The Morgan fingerprint density at radius 1 is 1.35 bits per heavy atom. The number of carbonyl (C=O) groups is 1. The minimum absolute atomic E-state index is 0.00686. The van der Waals surface area contributed by atoms with Gasteiger partial charge in [0.15, 0.2) is 0 Å². The van der Waals surface area contributed by atoms with Crippen molar-refractivity contribution in [3.63, 3.8) is 0 Å². The molecule has 1 amide bonds. The van der Waals surface area contributed by atoms with Crippen molar-refractivity contribution in [3.8, 4) is 0 Å². The summed E-state index contributed by atoms with van der Waals surface area (Å²) in [6.45, 7) is 0.589. The summed E-state index contributed by atoms with van der Waals surface area (Å²) in [4.78, 5) is 19.0. The molecule has 0 aliphatic heterocycles. The molecule has 20 heavy (non-hydrogen) atoms. The van der Waals surface area contributed by atoms with Crippen LogP contribution in [0.3, 0.4) is 0 Å². The fourth-order valence-corrected chi connectivity index (χ4v) is 1.93. The maximum atomic E-state index is 11.8. The number of nitrogens with two attached hydrogens (primary N) is 1. The molecule has 5 nitrogen and oxygen atoms in total. The van der Waals surface area contributed by atoms with Gasteiger partial charge in [0, 0.05) is 30.4 Å². The zero-order valence-electron chi connectivity index (χ0n) is 10.9. The summed E-state index contributed by atoms with van der Waals surface area (Å²) in [6, 6.07) is 7.39. The molecule has 0 fully saturated rings. The van der Waals surface area contributed by atoms with Crippen molar-refractivity contribution in [3.05, 3.63) is 53.6 Å². The third kappa shape index (κ3) is 4.17. The van der Waals surface area contributed by atoms with Crippen LogP contribution in [0.15, 0.2) is 36.8 Å². The van der Waals surface area contributed by atoms with Crippen LogP contribution < -0.4 is 11.1 Å². The van der Waals surface area contributed by atoms with Crippen LogP contribution in [0.1, 0.15) is 16.8 Å². The van der Waals surface area contributed by atoms with Crippen molar-refractivity contribution in [2.75, 3.05) is 6.54 Å². The van der Waals surface area contributed by atoms with Crippen LogP contribution in [-0.4, -0.2) is 27.4 Å². The van der Waals surface area contributed by atoms with Crippen molar-refractivity contribution < 1.29 is 4.79 Å². The predicted octanol–water partition coefficient (Wildman–Crippen LogP) is 0.945. The lowest BCUT2D eigenvalue weighted by atomic mass is 10.1. The van der Waals surface area contributed by atoms with E-state index < -0.39 is 0 Å². The lowest BCUT2D eigenvalue weighted by molar-refractivity contribution is -0.120. The first kappa shape index (κ1) is 14.2. The van der Waals surface area contributed by atoms with Crippen LogP contribution in [0, 0.1) is 0 Å². The van der Waals surface area contributed by atoms with Crippen LogP contribution >= 0.6 is 12.2 Å². The van der Waals surface area contributed by atoms with E-state index in [-0.39, 0.29) is 5.91 Å². The van der Waals surface area contributed by atoms with Crippen LogP contribution in [0.25, 0.3) is 0 Å². The molecule has 0 radical (unpaired) electrons. The number of nitrogens with one attached hydrogen (secondary N) is 2. The first-order chi connectivity index (χ1) is 9.65. The topological polar surface area (TPSA) is 83.8 Å². The highest BCUT2D eigenvalue weighted by molar-refractivity contribution is 7.80. The normalized spacial score (nSPS) is 10.2. The van der Waals surface area contributed by atoms with Crippen LogP contribution in [0.4, 0.5) is 0 Å². The molecule has 0 spiro atoms. The maximum absolute atomic E-state index is 11.8. The summed E-state index contributed by atoms with van der Waals surface area (Å²) in [5.74, 6) is -0.00686. The number of nitrogens with zero attached hydrogens (tertiary/aromatic N) is 1. The number of aromatic amines is 1. The molecular formula is C14H16N4OS. The number of hydrogen-bond donors (Lipinski definition) is 3. The third-order valence-corrected chi connectivity index (χ3v) is 3.11. The number of H-pyrrole nitrogens is 1. The summed E-state index contributed by atoms with van der Waals surface area (Å²) >= 11 is 4.88. The van der Waals surface area contributed by atoms with Gasteiger partial charge in [0.05, 0.1) is 12.7 Å². The number of imidazole rings is 1. The van der Waals surface area contributed by atoms with Gasteiger partial charge in [0.25, 0.3) is 0 Å². The third-order valence-electron chi connectivity index (χ3n) is 2.87. The van der Waals surface area contributed by atoms with E-state index in [0.717, 1.165) is 23.2 Å². The molecule has 0 aliphatic rings. The van der Waals surface area contributed by atoms with Gasteiger partial charge in [-0.15, -0.1) is 0 Å². The van der Waals surface area contributed by atoms with E-state index in [2.05, 4.69) is 15.3 Å². The molecule has 1 aromatic heterocycles. The minimum atomic E-state index is -0.00686. The Hall–Kier alpha value is -2.21. The van der Waals surface area contributed by atoms with E-state index in [1.165, 1.54) is 0 Å². The van der Waals surface area contributed by atoms with E-state index in [1.807, 2.05) is 24.3 Å². The van der Waals surface area contributed by atoms with E-state index in [9.17, 15) is 4.79 Å². The van der Waals surface area contributed by atoms with Crippen molar-refractivity contribution in [2.24, 2.45) is 5.73 Å². The number of hydrogen-bond acceptors (Lipinski definition) is 3. The number of aromatic nitrogens is 2. The molecule has 2 aromatic rings. The largest absolute Gasteiger partial charge is 0.389 e. The van der Waals surface area contributed by atoms with Gasteiger partial charge in [-0.3, -0.25) is 4.79 Å². The van der Waals surface area contributed by atoms with Gasteiger partial charge in [-0.05, 0) is 5.56 Å². The second-order valence-electron chi connectivity index (χ2n) is 4.41. The SMILES string of the molecule is NC(=S)c1ccc(CC(=O)NCCc2cnc[nH]2)cc1. The Labute approximate surface area is 122 Å². The standard InChI is InChI=1S/C14H16N4OS/c15-14(20)11-3-1-10(2-4-11)7-13(19)17-6-5-12-8-16-9-18-12/h1-4,8-9H,5-7H2,(H2,15,20)(H,16,18)(H,17,19). The number of rotatable bonds is 6. The molecule has 0 saturated heterocycles. The molecule has 104 valence electrons. The van der Waals surface area contributed by atoms with Gasteiger partial charge in [-0.1, -0.05) is 36.5 Å². The summed E-state index contributed by atoms with van der Waals surface area (Å²) in [6.07, 6.45) is 4.47. The summed E-state index contributed by atoms with van der Waals surface area (Å²) < 4.78 is 0. The van der Waals surface area contributed by atoms with Gasteiger partial charge in [-0.2, -0.15) is 0 Å². The Morgan fingerprint density at radius 2 is 2.10 bits per heavy atom. The molecule has 2 rings (SSSR count). The summed E-state index contributed by atoms with van der Waals surface area (Å²) in [5, 5.41) is 2.87. The van der Waals surface area contributed by atoms with Crippen LogP contribution in [-0.2, 0) is 17.6 Å². The molecule has 0 bridgehead atoms. The average Bonchev–Trinajstić information content (AvgIpc) is 2.92. The van der Waals surface area contributed by atoms with Crippen molar-refractivity contribution >= 4 is 23.1 Å². The second kappa shape index (κ2) is 6.81. The predicted molar refractivity (Wildman–Crippen MR) is 81.3 cm³/mol. The Balaban J connectivity index is 1.77. The van der Waals surface area contributed by atoms with E-state index >= 15 is 0 Å². The zero-order chi connectivity index (χ0) is 14.4. The van der Waals surface area contributed by atoms with Crippen molar-refractivity contribution in [2.45, 2.75) is 12.8 Å². The molecule has 1 aromatic carbocycles. The van der Waals surface area contributed by atoms with E-state index in [1.54, 1.807) is 12.5 Å². The lowest BCUT2D eigenvalue weighted by Crippen LogP contribution is -2.27. The second-order valence-corrected chi connectivity index (χ2v) is 4.85. The van der Waals surface area contributed by atoms with Gasteiger partial charge in [0.1, 0.15) is 4.99 Å². The molecule has 4 N–H and O–H groups in total. The molecule has 0 unspecified atom stereocenters. The quantitative estimate of drug-likeness (QED) is 0.691. The highest BCUT2D eigenvalue weighted by Crippen LogP contribution is 2.05. The Bertz CT molecular complexity index is 578. The monoisotopic (exact) mass is 288 g/mol. The highest BCUT2D eigenvalue weighted by atomic mass is 32.1. The zero-order valence-corrected chi connectivity index (χ0v) is 11.7. The molecule has 0 atom stereocenters. The van der Waals surface area contributed by atoms with E-state index in [0.29, 0.717) is 18.0 Å². The van der Waals surface area contributed by atoms with Crippen LogP contribution in [0.5, 0.6) is 0 Å². The molecule has 0 aliphatic carbocycles. The van der Waals surface area contributed by atoms with Gasteiger partial charge >= 0.3 is 0 Å². The Morgan fingerprint density at radius 3 is 2.70 bits per heavy atom. The van der Waals surface area contributed by atoms with Crippen LogP contribution in [0.2, 0.25) is 0 Å². The summed E-state index contributed by atoms with van der Waals surface area (Å²) in [7, 11) is 0. The lowest BCUT2D eigenvalue weighted by Gasteiger charge is -2.05. The van der Waals surface area contributed by atoms with Crippen molar-refractivity contribution in [1.29, 1.82) is 0 Å². The number of benzene rings is 1. The smallest absolute Gasteiger partial charge is 0.224 e. The summed E-state index contributed by atoms with van der Waals surface area (Å²) in [5.41, 5.74) is 8.27. The molecule has 1 heterocycles. The Kier molecular flexibility index (Phi) is 4.84. The van der Waals surface area contributed by atoms with Gasteiger partial charge in [0.2, 0.25) is 5.91 Å². The number of thiocarbonyl (C=S) groups is 1. The fourth-order valence-electron chi connectivity index (χ4n) is 1.79. The average molecular weight is 288 g/mol. The minimum Gasteiger partial charge on any atom is -0.389 e. The van der Waals surface area contributed by atoms with Gasteiger partial charge in [-0.25, -0.2) is 4.98 Å². The molecule has 6 heteroatoms. The van der Waals surface area contributed by atoms with Crippen molar-refractivity contribution in [1.82, 2.24) is 15.3 Å². The van der Waals surface area contributed by atoms with Gasteiger partial charge < -0.3 is 16.0 Å². The molecule has 0 saturated carbocycles. The molecular weight excluding hydrogens is 272 g/mol. The maximum Gasteiger partial charge on any atom is 0.224 e. The first-order valence-corrected chi connectivity index (χ1v) is 6.68. The number of amides is 1. The first-order valence-electron chi connectivity index (χ1n) is 6.28. The number of carbonyl (C=O) groups excluding carboxylic acids is 1.